The molecule has 244 valence electrons. The van der Waals surface area contributed by atoms with E-state index in [1.807, 2.05) is 0 Å². The highest BCUT2D eigenvalue weighted by Gasteiger charge is 2.55. The molecule has 3 aliphatic rings. The van der Waals surface area contributed by atoms with Crippen molar-refractivity contribution >= 4 is 5.69 Å². The molecule has 1 aromatic rings. The Balaban J connectivity index is 1.68. The van der Waals surface area contributed by atoms with Crippen molar-refractivity contribution in [3.8, 4) is 5.75 Å². The fourth-order valence-electron chi connectivity index (χ4n) is 4.89. The molecule has 0 saturated carbocycles. The number of nitro benzene ring substituents is 1. The average molecular weight is 626 g/mol. The minimum Gasteiger partial charge on any atom is -0.462 e. The molecule has 0 unspecified atom stereocenters. The zero-order chi connectivity index (χ0) is 31.6. The van der Waals surface area contributed by atoms with Gasteiger partial charge in [0.15, 0.2) is 18.7 Å². The molecule has 19 heteroatoms. The van der Waals surface area contributed by atoms with E-state index in [1.54, 1.807) is 0 Å². The number of rotatable bonds is 10. The second kappa shape index (κ2) is 14.3. The molecule has 3 heterocycles. The van der Waals surface area contributed by atoms with Crippen LogP contribution in [0.25, 0.3) is 0 Å². The highest BCUT2D eigenvalue weighted by molar-refractivity contribution is 5.36. The zero-order valence-corrected chi connectivity index (χ0v) is 22.3. The Morgan fingerprint density at radius 1 is 0.605 bits per heavy atom. The predicted molar refractivity (Wildman–Crippen MR) is 133 cm³/mol. The zero-order valence-electron chi connectivity index (χ0n) is 22.3. The number of ether oxygens (including phenoxy) is 6. The Hall–Kier alpha value is -2.18. The van der Waals surface area contributed by atoms with E-state index in [4.69, 9.17) is 28.4 Å². The lowest BCUT2D eigenvalue weighted by atomic mass is 9.96. The normalized spacial score (nSPS) is 43.7. The highest BCUT2D eigenvalue weighted by Crippen LogP contribution is 2.34. The number of aliphatic hydroxyl groups excluding tert-OH is 10. The minimum absolute atomic E-state index is 0.0438. The summed E-state index contributed by atoms with van der Waals surface area (Å²) in [7, 11) is 0. The molecule has 0 bridgehead atoms. The average Bonchev–Trinajstić information content (AvgIpc) is 3.00. The summed E-state index contributed by atoms with van der Waals surface area (Å²) in [6.45, 7) is -2.45. The largest absolute Gasteiger partial charge is 0.462 e. The second-order valence-electron chi connectivity index (χ2n) is 10.2. The van der Waals surface area contributed by atoms with Crippen LogP contribution in [-0.2, 0) is 23.7 Å². The van der Waals surface area contributed by atoms with Crippen molar-refractivity contribution in [2.75, 3.05) is 19.8 Å². The third-order valence-electron chi connectivity index (χ3n) is 7.38. The van der Waals surface area contributed by atoms with Crippen molar-refractivity contribution in [3.05, 3.63) is 34.4 Å². The smallest absolute Gasteiger partial charge is 0.269 e. The number of benzene rings is 1. The fraction of sp³-hybridized carbons (Fsp3) is 0.750. The van der Waals surface area contributed by atoms with Gasteiger partial charge in [0, 0.05) is 12.1 Å². The van der Waals surface area contributed by atoms with E-state index in [0.717, 1.165) is 12.1 Å². The van der Waals surface area contributed by atoms with Crippen molar-refractivity contribution in [2.45, 2.75) is 92.1 Å². The quantitative estimate of drug-likeness (QED) is 0.0856. The Bertz CT molecular complexity index is 1050. The number of nitrogens with zero attached hydrogens (tertiary/aromatic N) is 1. The van der Waals surface area contributed by atoms with Gasteiger partial charge in [-0.05, 0) is 12.1 Å². The molecule has 0 aromatic heterocycles. The molecule has 3 saturated heterocycles. The minimum atomic E-state index is -1.95. The van der Waals surface area contributed by atoms with Gasteiger partial charge in [0.1, 0.15) is 72.9 Å². The van der Waals surface area contributed by atoms with Crippen LogP contribution in [-0.4, -0.2) is 168 Å². The standard InChI is InChI=1S/C24H35NO18/c26-5-10-13(29)16(32)18(34)22(39-10)42-20-15(31)12(7-28)41-24(38-9-3-1-8(2-4-9)25(36)37)21(20)43-23-19(35)17(33)14(30)11(6-27)40-23/h1-4,10-24,26-35H,5-7H2/t10-,11-,12-,13-,14-,15-,16+,17+,18-,19-,20+,21-,22+,23+,24-/m1/s1. The van der Waals surface area contributed by atoms with E-state index in [9.17, 15) is 61.2 Å². The monoisotopic (exact) mass is 625 g/mol. The van der Waals surface area contributed by atoms with Gasteiger partial charge in [0.25, 0.3) is 5.69 Å². The van der Waals surface area contributed by atoms with E-state index < -0.39 is 117 Å². The molecule has 1 aromatic carbocycles. The van der Waals surface area contributed by atoms with Gasteiger partial charge in [-0.1, -0.05) is 0 Å². The summed E-state index contributed by atoms with van der Waals surface area (Å²) >= 11 is 0. The third kappa shape index (κ3) is 7.06. The van der Waals surface area contributed by atoms with Gasteiger partial charge in [-0.15, -0.1) is 0 Å². The van der Waals surface area contributed by atoms with Crippen molar-refractivity contribution in [3.63, 3.8) is 0 Å². The molecule has 3 fully saturated rings. The lowest BCUT2D eigenvalue weighted by Crippen LogP contribution is -2.67. The van der Waals surface area contributed by atoms with Crippen LogP contribution in [0, 0.1) is 10.1 Å². The summed E-state index contributed by atoms with van der Waals surface area (Å²) in [5.74, 6) is -0.0438. The van der Waals surface area contributed by atoms with Gasteiger partial charge >= 0.3 is 0 Å². The lowest BCUT2D eigenvalue weighted by molar-refractivity contribution is -0.385. The molecular formula is C24H35NO18. The van der Waals surface area contributed by atoms with Gasteiger partial charge in [-0.25, -0.2) is 0 Å². The van der Waals surface area contributed by atoms with Crippen molar-refractivity contribution in [1.82, 2.24) is 0 Å². The van der Waals surface area contributed by atoms with Crippen molar-refractivity contribution < 1.29 is 84.4 Å². The number of hydrogen-bond acceptors (Lipinski definition) is 18. The van der Waals surface area contributed by atoms with Crippen molar-refractivity contribution in [2.24, 2.45) is 0 Å². The van der Waals surface area contributed by atoms with E-state index >= 15 is 0 Å². The first-order valence-corrected chi connectivity index (χ1v) is 13.2. The van der Waals surface area contributed by atoms with Gasteiger partial charge in [-0.3, -0.25) is 10.1 Å². The first-order valence-electron chi connectivity index (χ1n) is 13.2. The fourth-order valence-corrected chi connectivity index (χ4v) is 4.89. The lowest BCUT2D eigenvalue weighted by Gasteiger charge is -2.48. The Labute approximate surface area is 242 Å². The SMILES string of the molecule is O=[N+]([O-])c1ccc(O[C@@H]2O[C@H](CO)[C@@H](O)[C@H](O[C@@H]3O[C@H](CO)[C@@H](O)[C@H](O)[C@H]3O)[C@H]2O[C@@H]2O[C@H](CO)[C@@H](O)[C@H](O)[C@H]2O)cc1. The van der Waals surface area contributed by atoms with Crippen LogP contribution in [0.2, 0.25) is 0 Å². The maximum atomic E-state index is 11.1. The topological polar surface area (TPSA) is 301 Å². The van der Waals surface area contributed by atoms with Crippen molar-refractivity contribution in [1.29, 1.82) is 0 Å². The molecule has 19 nitrogen and oxygen atoms in total. The molecule has 3 aliphatic heterocycles. The first-order chi connectivity index (χ1) is 20.4. The second-order valence-corrected chi connectivity index (χ2v) is 10.2. The molecule has 43 heavy (non-hydrogen) atoms. The van der Waals surface area contributed by atoms with Crippen LogP contribution in [0.1, 0.15) is 0 Å². The van der Waals surface area contributed by atoms with Crippen LogP contribution in [0.5, 0.6) is 5.75 Å². The van der Waals surface area contributed by atoms with Crippen LogP contribution in [0.15, 0.2) is 24.3 Å². The molecule has 15 atom stereocenters. The number of hydrogen-bond donors (Lipinski definition) is 10. The molecular weight excluding hydrogens is 590 g/mol. The molecule has 0 amide bonds. The predicted octanol–water partition coefficient (Wildman–Crippen LogP) is -5.58. The van der Waals surface area contributed by atoms with Gasteiger partial charge in [0.05, 0.1) is 24.7 Å². The summed E-state index contributed by atoms with van der Waals surface area (Å²) in [4.78, 5) is 10.4. The first kappa shape index (κ1) is 33.7. The van der Waals surface area contributed by atoms with Gasteiger partial charge < -0.3 is 79.5 Å². The highest BCUT2D eigenvalue weighted by atomic mass is 16.8. The molecule has 4 rings (SSSR count). The summed E-state index contributed by atoms with van der Waals surface area (Å²) in [6.07, 6.45) is -26.1. The van der Waals surface area contributed by atoms with Crippen LogP contribution < -0.4 is 4.74 Å². The van der Waals surface area contributed by atoms with Gasteiger partial charge in [0.2, 0.25) is 6.29 Å². The summed E-state index contributed by atoms with van der Waals surface area (Å²) < 4.78 is 33.8. The summed E-state index contributed by atoms with van der Waals surface area (Å²) in [6, 6.07) is 4.59. The number of aliphatic hydroxyl groups is 10. The van der Waals surface area contributed by atoms with E-state index in [-0.39, 0.29) is 11.4 Å². The number of non-ortho nitro benzene ring substituents is 1. The maximum Gasteiger partial charge on any atom is 0.269 e. The van der Waals surface area contributed by atoms with E-state index in [2.05, 4.69) is 0 Å². The Kier molecular flexibility index (Phi) is 11.2. The van der Waals surface area contributed by atoms with E-state index in [1.165, 1.54) is 12.1 Å². The number of nitro groups is 1. The molecule has 0 aliphatic carbocycles. The Morgan fingerprint density at radius 3 is 1.47 bits per heavy atom. The maximum absolute atomic E-state index is 11.1. The molecule has 0 spiro atoms. The van der Waals surface area contributed by atoms with Crippen LogP contribution in [0.3, 0.4) is 0 Å². The molecule has 10 N–H and O–H groups in total. The van der Waals surface area contributed by atoms with Crippen LogP contribution >= 0.6 is 0 Å². The molecule has 0 radical (unpaired) electrons. The van der Waals surface area contributed by atoms with Gasteiger partial charge in [-0.2, -0.15) is 0 Å². The van der Waals surface area contributed by atoms with E-state index in [0.29, 0.717) is 0 Å². The third-order valence-corrected chi connectivity index (χ3v) is 7.38. The summed E-state index contributed by atoms with van der Waals surface area (Å²) in [5, 5.41) is 113. The summed E-state index contributed by atoms with van der Waals surface area (Å²) in [5.41, 5.74) is -0.279. The Morgan fingerprint density at radius 2 is 1.02 bits per heavy atom. The van der Waals surface area contributed by atoms with Crippen LogP contribution in [0.4, 0.5) is 5.69 Å².